The fourth-order valence-electron chi connectivity index (χ4n) is 3.55. The summed E-state index contributed by atoms with van der Waals surface area (Å²) >= 11 is 6.11. The summed E-state index contributed by atoms with van der Waals surface area (Å²) in [6.07, 6.45) is -0.0356. The van der Waals surface area contributed by atoms with E-state index in [0.29, 0.717) is 42.1 Å². The van der Waals surface area contributed by atoms with Gasteiger partial charge in [-0.1, -0.05) is 29.8 Å². The van der Waals surface area contributed by atoms with E-state index in [1.807, 2.05) is 6.92 Å². The molecular formula is C23H29ClN2O6. The minimum absolute atomic E-state index is 0.106. The molecule has 0 radical (unpaired) electrons. The van der Waals surface area contributed by atoms with Crippen LogP contribution in [0.4, 0.5) is 0 Å². The number of rotatable bonds is 5. The number of phenolic OH excluding ortho intramolecular Hbond substituents is 1. The second-order valence-corrected chi connectivity index (χ2v) is 8.13. The van der Waals surface area contributed by atoms with E-state index in [0.717, 1.165) is 5.56 Å². The highest BCUT2D eigenvalue weighted by Crippen LogP contribution is 2.36. The molecule has 2 atom stereocenters. The van der Waals surface area contributed by atoms with Gasteiger partial charge < -0.3 is 31.1 Å². The first-order valence-corrected chi connectivity index (χ1v) is 10.6. The van der Waals surface area contributed by atoms with Crippen molar-refractivity contribution in [2.45, 2.75) is 31.9 Å². The number of benzene rings is 2. The van der Waals surface area contributed by atoms with Crippen molar-refractivity contribution in [1.29, 1.82) is 0 Å². The van der Waals surface area contributed by atoms with Crippen LogP contribution in [0.15, 0.2) is 42.5 Å². The highest BCUT2D eigenvalue weighted by Gasteiger charge is 2.30. The van der Waals surface area contributed by atoms with Crippen molar-refractivity contribution in [3.63, 3.8) is 0 Å². The molecule has 2 aromatic rings. The Morgan fingerprint density at radius 2 is 1.78 bits per heavy atom. The third-order valence-corrected chi connectivity index (χ3v) is 5.91. The number of likely N-dealkylation sites (tertiary alicyclic amines) is 1. The average molecular weight is 465 g/mol. The van der Waals surface area contributed by atoms with Crippen molar-refractivity contribution in [3.05, 3.63) is 64.2 Å². The van der Waals surface area contributed by atoms with Gasteiger partial charge in [0.25, 0.3) is 5.91 Å². The molecule has 9 heteroatoms. The third kappa shape index (κ3) is 6.67. The van der Waals surface area contributed by atoms with E-state index >= 15 is 0 Å². The first kappa shape index (κ1) is 25.6. The van der Waals surface area contributed by atoms with Crippen molar-refractivity contribution in [3.8, 4) is 5.75 Å². The maximum Gasteiger partial charge on any atom is 0.335 e. The number of aliphatic hydroxyl groups is 2. The van der Waals surface area contributed by atoms with Crippen LogP contribution in [0.2, 0.25) is 5.02 Å². The summed E-state index contributed by atoms with van der Waals surface area (Å²) < 4.78 is 0. The van der Waals surface area contributed by atoms with E-state index in [-0.39, 0.29) is 17.7 Å². The molecule has 2 aromatic carbocycles. The number of aromatic carboxylic acids is 1. The molecular weight excluding hydrogens is 436 g/mol. The summed E-state index contributed by atoms with van der Waals surface area (Å²) in [5, 5.41) is 37.3. The number of halogens is 1. The van der Waals surface area contributed by atoms with Crippen LogP contribution in [0.1, 0.15) is 40.4 Å². The van der Waals surface area contributed by atoms with Crippen LogP contribution >= 0.6 is 11.6 Å². The normalized spacial score (nSPS) is 16.0. The quantitative estimate of drug-likeness (QED) is 0.456. The van der Waals surface area contributed by atoms with E-state index in [1.165, 1.54) is 4.90 Å². The number of phenols is 1. The fraction of sp³-hybridized carbons (Fsp3) is 0.391. The van der Waals surface area contributed by atoms with Crippen molar-refractivity contribution in [2.24, 2.45) is 11.7 Å². The Labute approximate surface area is 191 Å². The van der Waals surface area contributed by atoms with Crippen LogP contribution < -0.4 is 5.73 Å². The van der Waals surface area contributed by atoms with Crippen LogP contribution in [0, 0.1) is 12.8 Å². The lowest BCUT2D eigenvalue weighted by Crippen LogP contribution is -2.46. The van der Waals surface area contributed by atoms with Gasteiger partial charge in [-0.2, -0.15) is 0 Å². The van der Waals surface area contributed by atoms with E-state index < -0.39 is 24.6 Å². The van der Waals surface area contributed by atoms with Gasteiger partial charge >= 0.3 is 5.97 Å². The van der Waals surface area contributed by atoms with Gasteiger partial charge in [-0.15, -0.1) is 0 Å². The molecule has 174 valence electrons. The molecule has 32 heavy (non-hydrogen) atoms. The maximum absolute atomic E-state index is 11.8. The Kier molecular flexibility index (Phi) is 9.46. The number of nitrogens with zero attached hydrogens (tertiary/aromatic N) is 1. The first-order chi connectivity index (χ1) is 15.1. The van der Waals surface area contributed by atoms with Gasteiger partial charge in [0.05, 0.1) is 12.2 Å². The molecule has 1 amide bonds. The predicted molar refractivity (Wildman–Crippen MR) is 121 cm³/mol. The molecule has 3 rings (SSSR count). The predicted octanol–water partition coefficient (Wildman–Crippen LogP) is 2.33. The molecule has 1 aliphatic rings. The standard InChI is InChI=1S/C16H23ClN2O4.C7H6O2/c1-9-6-13(21)11(7-12(9)17)15(18)10-2-4-19(5-3-10)16(23)14(22)8-20;8-7(9)6-4-2-1-3-5-6/h6-7,10,14-15,20-22H,2-5,8,18H2,1H3;1-5H,(H,8,9)/t14-,15-;/m1./s1. The Balaban J connectivity index is 0.000000336. The molecule has 0 unspecified atom stereocenters. The van der Waals surface area contributed by atoms with Gasteiger partial charge in [-0.05, 0) is 55.5 Å². The summed E-state index contributed by atoms with van der Waals surface area (Å²) in [6, 6.07) is 11.2. The average Bonchev–Trinajstić information content (AvgIpc) is 2.81. The molecule has 0 aromatic heterocycles. The number of aliphatic hydroxyl groups excluding tert-OH is 2. The van der Waals surface area contributed by atoms with Gasteiger partial charge in [-0.25, -0.2) is 4.79 Å². The molecule has 1 aliphatic heterocycles. The monoisotopic (exact) mass is 464 g/mol. The minimum atomic E-state index is -1.36. The van der Waals surface area contributed by atoms with Gasteiger partial charge in [-0.3, -0.25) is 4.79 Å². The largest absolute Gasteiger partial charge is 0.508 e. The first-order valence-electron chi connectivity index (χ1n) is 10.3. The number of hydrogen-bond acceptors (Lipinski definition) is 6. The molecule has 1 fully saturated rings. The number of piperidine rings is 1. The van der Waals surface area contributed by atoms with Crippen LogP contribution in [-0.2, 0) is 4.79 Å². The summed E-state index contributed by atoms with van der Waals surface area (Å²) in [7, 11) is 0. The number of carbonyl (C=O) groups is 2. The number of amides is 1. The van der Waals surface area contributed by atoms with E-state index in [9.17, 15) is 19.8 Å². The van der Waals surface area contributed by atoms with Gasteiger partial charge in [0.1, 0.15) is 5.75 Å². The lowest BCUT2D eigenvalue weighted by atomic mass is 9.85. The van der Waals surface area contributed by atoms with Crippen LogP contribution in [-0.4, -0.2) is 63.0 Å². The zero-order valence-corrected chi connectivity index (χ0v) is 18.6. The minimum Gasteiger partial charge on any atom is -0.508 e. The molecule has 6 N–H and O–H groups in total. The molecule has 0 saturated carbocycles. The van der Waals surface area contributed by atoms with Crippen molar-refractivity contribution < 1.29 is 30.0 Å². The number of carboxylic acids is 1. The van der Waals surface area contributed by atoms with Crippen molar-refractivity contribution in [2.75, 3.05) is 19.7 Å². The number of carbonyl (C=O) groups excluding carboxylic acids is 1. The number of hydrogen-bond donors (Lipinski definition) is 5. The molecule has 0 spiro atoms. The molecule has 8 nitrogen and oxygen atoms in total. The Bertz CT molecular complexity index is 916. The van der Waals surface area contributed by atoms with Crippen molar-refractivity contribution in [1.82, 2.24) is 4.90 Å². The Morgan fingerprint density at radius 1 is 1.19 bits per heavy atom. The zero-order chi connectivity index (χ0) is 23.8. The topological polar surface area (TPSA) is 144 Å². The number of carboxylic acid groups (broad SMARTS) is 1. The highest BCUT2D eigenvalue weighted by atomic mass is 35.5. The number of nitrogens with two attached hydrogens (primary N) is 1. The second kappa shape index (κ2) is 11.8. The Hall–Kier alpha value is -2.65. The smallest absolute Gasteiger partial charge is 0.335 e. The highest BCUT2D eigenvalue weighted by molar-refractivity contribution is 6.31. The summed E-state index contributed by atoms with van der Waals surface area (Å²) in [5.74, 6) is -1.10. The lowest BCUT2D eigenvalue weighted by molar-refractivity contribution is -0.143. The zero-order valence-electron chi connectivity index (χ0n) is 17.8. The molecule has 1 saturated heterocycles. The second-order valence-electron chi connectivity index (χ2n) is 7.72. The third-order valence-electron chi connectivity index (χ3n) is 5.50. The van der Waals surface area contributed by atoms with Gasteiger partial charge in [0.15, 0.2) is 6.10 Å². The summed E-state index contributed by atoms with van der Waals surface area (Å²) in [4.78, 5) is 23.6. The SMILES string of the molecule is Cc1cc(O)c([C@H](N)C2CCN(C(=O)[C@H](O)CO)CC2)cc1Cl.O=C(O)c1ccccc1. The summed E-state index contributed by atoms with van der Waals surface area (Å²) in [6.45, 7) is 2.17. The summed E-state index contributed by atoms with van der Waals surface area (Å²) in [5.41, 5.74) is 8.02. The van der Waals surface area contributed by atoms with Gasteiger partial charge in [0.2, 0.25) is 0 Å². The Morgan fingerprint density at radius 3 is 2.28 bits per heavy atom. The fourth-order valence-corrected chi connectivity index (χ4v) is 3.72. The maximum atomic E-state index is 11.8. The van der Waals surface area contributed by atoms with E-state index in [4.69, 9.17) is 27.5 Å². The van der Waals surface area contributed by atoms with Crippen LogP contribution in [0.25, 0.3) is 0 Å². The van der Waals surface area contributed by atoms with Gasteiger partial charge in [0, 0.05) is 29.7 Å². The molecule has 0 aliphatic carbocycles. The molecule has 0 bridgehead atoms. The van der Waals surface area contributed by atoms with Crippen LogP contribution in [0.3, 0.4) is 0 Å². The number of aromatic hydroxyl groups is 1. The van der Waals surface area contributed by atoms with Crippen molar-refractivity contribution >= 4 is 23.5 Å². The molecule has 1 heterocycles. The van der Waals surface area contributed by atoms with E-state index in [2.05, 4.69) is 0 Å². The lowest BCUT2D eigenvalue weighted by Gasteiger charge is -2.35. The van der Waals surface area contributed by atoms with Crippen LogP contribution in [0.5, 0.6) is 5.75 Å². The number of aryl methyl sites for hydroxylation is 1. The van der Waals surface area contributed by atoms with E-state index in [1.54, 1.807) is 42.5 Å².